The van der Waals surface area contributed by atoms with Gasteiger partial charge in [0.15, 0.2) is 0 Å². The number of hydrogen-bond donors (Lipinski definition) is 1. The lowest BCUT2D eigenvalue weighted by molar-refractivity contribution is 0.411. The number of anilines is 1. The molecule has 2 rings (SSSR count). The van der Waals surface area contributed by atoms with Gasteiger partial charge in [0.2, 0.25) is 11.8 Å². The highest BCUT2D eigenvalue weighted by Gasteiger charge is 2.09. The Morgan fingerprint density at radius 3 is 2.74 bits per heavy atom. The summed E-state index contributed by atoms with van der Waals surface area (Å²) in [6.07, 6.45) is 1.71. The highest BCUT2D eigenvalue weighted by atomic mass is 79.9. The lowest BCUT2D eigenvalue weighted by atomic mass is 10.3. The molecule has 1 heterocycles. The first kappa shape index (κ1) is 13.6. The number of rotatable bonds is 4. The minimum atomic E-state index is 0.519. The van der Waals surface area contributed by atoms with E-state index in [1.807, 2.05) is 25.1 Å². The number of nitrogens with zero attached hydrogens (tertiary/aromatic N) is 2. The van der Waals surface area contributed by atoms with Gasteiger partial charge in [0, 0.05) is 18.8 Å². The van der Waals surface area contributed by atoms with Crippen molar-refractivity contribution in [3.8, 4) is 17.4 Å². The molecule has 19 heavy (non-hydrogen) atoms. The molecule has 0 saturated heterocycles. The van der Waals surface area contributed by atoms with Gasteiger partial charge in [-0.05, 0) is 41.1 Å². The highest BCUT2D eigenvalue weighted by molar-refractivity contribution is 9.10. The van der Waals surface area contributed by atoms with Crippen molar-refractivity contribution >= 4 is 21.9 Å². The maximum Gasteiger partial charge on any atom is 0.227 e. The topological polar surface area (TPSA) is 56.3 Å². The number of halogens is 1. The van der Waals surface area contributed by atoms with E-state index in [0.717, 1.165) is 15.8 Å². The molecule has 2 aromatic rings. The Kier molecular flexibility index (Phi) is 4.21. The monoisotopic (exact) mass is 323 g/mol. The van der Waals surface area contributed by atoms with Crippen molar-refractivity contribution in [2.24, 2.45) is 0 Å². The Bertz CT molecular complexity index is 590. The summed E-state index contributed by atoms with van der Waals surface area (Å²) < 4.78 is 11.7. The highest BCUT2D eigenvalue weighted by Crippen LogP contribution is 2.33. The van der Waals surface area contributed by atoms with E-state index in [1.165, 1.54) is 0 Å². The molecule has 0 saturated carbocycles. The Morgan fingerprint density at radius 1 is 1.32 bits per heavy atom. The number of aryl methyl sites for hydroxylation is 1. The number of benzene rings is 1. The van der Waals surface area contributed by atoms with Gasteiger partial charge >= 0.3 is 0 Å². The third-order valence-corrected chi connectivity index (χ3v) is 3.11. The molecule has 0 amide bonds. The van der Waals surface area contributed by atoms with Crippen molar-refractivity contribution in [1.82, 2.24) is 9.97 Å². The quantitative estimate of drug-likeness (QED) is 0.934. The van der Waals surface area contributed by atoms with Crippen LogP contribution in [0.2, 0.25) is 0 Å². The van der Waals surface area contributed by atoms with Crippen molar-refractivity contribution < 1.29 is 9.47 Å². The van der Waals surface area contributed by atoms with Gasteiger partial charge in [-0.25, -0.2) is 4.98 Å². The summed E-state index contributed by atoms with van der Waals surface area (Å²) in [4.78, 5) is 8.39. The predicted molar refractivity (Wildman–Crippen MR) is 77.1 cm³/mol. The van der Waals surface area contributed by atoms with Gasteiger partial charge in [-0.2, -0.15) is 4.98 Å². The number of methoxy groups -OCH3 is 1. The van der Waals surface area contributed by atoms with E-state index in [1.54, 1.807) is 20.4 Å². The van der Waals surface area contributed by atoms with Gasteiger partial charge in [0.1, 0.15) is 11.5 Å². The summed E-state index contributed by atoms with van der Waals surface area (Å²) in [5.74, 6) is 2.47. The first-order valence-electron chi connectivity index (χ1n) is 5.67. The molecule has 1 N–H and O–H groups in total. The Balaban J connectivity index is 2.30. The zero-order valence-electron chi connectivity index (χ0n) is 10.9. The fourth-order valence-electron chi connectivity index (χ4n) is 1.45. The smallest absolute Gasteiger partial charge is 0.227 e. The molecule has 0 aliphatic rings. The van der Waals surface area contributed by atoms with Crippen LogP contribution in [0, 0.1) is 6.92 Å². The van der Waals surface area contributed by atoms with Crippen LogP contribution in [0.3, 0.4) is 0 Å². The van der Waals surface area contributed by atoms with Gasteiger partial charge in [0.25, 0.3) is 0 Å². The molecule has 0 fully saturated rings. The average molecular weight is 324 g/mol. The van der Waals surface area contributed by atoms with Crippen LogP contribution >= 0.6 is 15.9 Å². The Morgan fingerprint density at radius 2 is 2.11 bits per heavy atom. The molecule has 5 nitrogen and oxygen atoms in total. The normalized spacial score (nSPS) is 10.1. The summed E-state index contributed by atoms with van der Waals surface area (Å²) >= 11 is 3.44. The van der Waals surface area contributed by atoms with E-state index in [9.17, 15) is 0 Å². The molecule has 0 unspecified atom stereocenters. The second-order valence-corrected chi connectivity index (χ2v) is 4.68. The van der Waals surface area contributed by atoms with Gasteiger partial charge in [0.05, 0.1) is 11.6 Å². The maximum atomic E-state index is 5.79. The summed E-state index contributed by atoms with van der Waals surface area (Å²) in [5.41, 5.74) is 0.863. The van der Waals surface area contributed by atoms with E-state index < -0.39 is 0 Å². The number of ether oxygens (including phenoxy) is 2. The van der Waals surface area contributed by atoms with Crippen LogP contribution in [0.25, 0.3) is 0 Å². The van der Waals surface area contributed by atoms with Gasteiger partial charge < -0.3 is 14.8 Å². The minimum absolute atomic E-state index is 0.519. The Hall–Kier alpha value is -1.82. The molecule has 0 aliphatic carbocycles. The van der Waals surface area contributed by atoms with Crippen molar-refractivity contribution in [2.75, 3.05) is 19.5 Å². The summed E-state index contributed by atoms with van der Waals surface area (Å²) in [6, 6.07) is 5.49. The summed E-state index contributed by atoms with van der Waals surface area (Å²) in [5, 5.41) is 2.88. The van der Waals surface area contributed by atoms with Crippen molar-refractivity contribution in [3.05, 3.63) is 34.4 Å². The molecule has 100 valence electrons. The summed E-state index contributed by atoms with van der Waals surface area (Å²) in [7, 11) is 3.38. The third kappa shape index (κ3) is 3.14. The van der Waals surface area contributed by atoms with E-state index in [0.29, 0.717) is 17.6 Å². The van der Waals surface area contributed by atoms with Crippen LogP contribution in [-0.2, 0) is 0 Å². The maximum absolute atomic E-state index is 5.79. The third-order valence-electron chi connectivity index (χ3n) is 2.49. The fourth-order valence-corrected chi connectivity index (χ4v) is 1.88. The van der Waals surface area contributed by atoms with Gasteiger partial charge in [-0.1, -0.05) is 0 Å². The predicted octanol–water partition coefficient (Wildman–Crippen LogP) is 3.39. The number of aromatic nitrogens is 2. The molecule has 1 aromatic carbocycles. The standard InChI is InChI=1S/C13H14BrN3O2/c1-8-7-16-13(15-2)17-12(8)19-11-5-4-9(18-3)6-10(11)14/h4-7H,1-3H3,(H,15,16,17). The van der Waals surface area contributed by atoms with Crippen molar-refractivity contribution in [3.63, 3.8) is 0 Å². The Labute approximate surface area is 120 Å². The lowest BCUT2D eigenvalue weighted by Crippen LogP contribution is -2.00. The zero-order valence-corrected chi connectivity index (χ0v) is 12.5. The molecular formula is C13H14BrN3O2. The molecule has 1 aromatic heterocycles. The van der Waals surface area contributed by atoms with E-state index in [4.69, 9.17) is 9.47 Å². The second kappa shape index (κ2) is 5.88. The molecule has 0 spiro atoms. The van der Waals surface area contributed by atoms with Crippen LogP contribution in [-0.4, -0.2) is 24.1 Å². The van der Waals surface area contributed by atoms with Crippen LogP contribution in [0.1, 0.15) is 5.56 Å². The average Bonchev–Trinajstić information content (AvgIpc) is 2.43. The SMILES string of the molecule is CNc1ncc(C)c(Oc2ccc(OC)cc2Br)n1. The first-order chi connectivity index (χ1) is 9.13. The van der Waals surface area contributed by atoms with E-state index >= 15 is 0 Å². The minimum Gasteiger partial charge on any atom is -0.497 e. The van der Waals surface area contributed by atoms with E-state index in [2.05, 4.69) is 31.2 Å². The molecule has 0 atom stereocenters. The largest absolute Gasteiger partial charge is 0.497 e. The number of nitrogens with one attached hydrogen (secondary N) is 1. The van der Waals surface area contributed by atoms with Crippen LogP contribution < -0.4 is 14.8 Å². The molecule has 0 radical (unpaired) electrons. The molecule has 0 bridgehead atoms. The van der Waals surface area contributed by atoms with E-state index in [-0.39, 0.29) is 0 Å². The first-order valence-corrected chi connectivity index (χ1v) is 6.46. The van der Waals surface area contributed by atoms with Crippen molar-refractivity contribution in [2.45, 2.75) is 6.92 Å². The van der Waals surface area contributed by atoms with Crippen LogP contribution in [0.5, 0.6) is 17.4 Å². The van der Waals surface area contributed by atoms with Gasteiger partial charge in [-0.15, -0.1) is 0 Å². The number of hydrogen-bond acceptors (Lipinski definition) is 5. The fraction of sp³-hybridized carbons (Fsp3) is 0.231. The lowest BCUT2D eigenvalue weighted by Gasteiger charge is -2.10. The van der Waals surface area contributed by atoms with Crippen molar-refractivity contribution in [1.29, 1.82) is 0 Å². The molecular weight excluding hydrogens is 310 g/mol. The zero-order chi connectivity index (χ0) is 13.8. The molecule has 6 heteroatoms. The van der Waals surface area contributed by atoms with Crippen LogP contribution in [0.15, 0.2) is 28.9 Å². The molecule has 0 aliphatic heterocycles. The summed E-state index contributed by atoms with van der Waals surface area (Å²) in [6.45, 7) is 1.90. The van der Waals surface area contributed by atoms with Crippen LogP contribution in [0.4, 0.5) is 5.95 Å². The van der Waals surface area contributed by atoms with Gasteiger partial charge in [-0.3, -0.25) is 0 Å². The second-order valence-electron chi connectivity index (χ2n) is 3.83.